The zero-order valence-corrected chi connectivity index (χ0v) is 7.83. The van der Waals surface area contributed by atoms with Gasteiger partial charge in [0.25, 0.3) is 0 Å². The van der Waals surface area contributed by atoms with Crippen molar-refractivity contribution in [3.8, 4) is 0 Å². The predicted octanol–water partition coefficient (Wildman–Crippen LogP) is -0.284. The van der Waals surface area contributed by atoms with Gasteiger partial charge in [0.2, 0.25) is 0 Å². The molecule has 1 fully saturated rings. The third-order valence-electron chi connectivity index (χ3n) is 2.66. The smallest absolute Gasteiger partial charge is 0.317 e. The molecule has 4 nitrogen and oxygen atoms in total. The summed E-state index contributed by atoms with van der Waals surface area (Å²) in [5, 5.41) is 10.8. The molecule has 4 heteroatoms. The van der Waals surface area contributed by atoms with E-state index in [1.54, 1.807) is 0 Å². The van der Waals surface area contributed by atoms with E-state index >= 15 is 0 Å². The van der Waals surface area contributed by atoms with E-state index < -0.39 is 17.4 Å². The fraction of sp³-hybridized carbons (Fsp3) is 0.778. The number of carboxylic acids is 1. The highest BCUT2D eigenvalue weighted by Gasteiger charge is 2.61. The Hall–Kier alpha value is -1.06. The average molecular weight is 185 g/mol. The van der Waals surface area contributed by atoms with E-state index in [1.807, 2.05) is 6.92 Å². The molecule has 0 amide bonds. The van der Waals surface area contributed by atoms with Crippen LogP contribution in [-0.2, 0) is 14.3 Å². The van der Waals surface area contributed by atoms with E-state index in [0.717, 1.165) is 12.8 Å². The van der Waals surface area contributed by atoms with Crippen LogP contribution in [0.4, 0.5) is 0 Å². The summed E-state index contributed by atoms with van der Waals surface area (Å²) in [6, 6.07) is 0. The Labute approximate surface area is 76.9 Å². The first-order valence-corrected chi connectivity index (χ1v) is 4.39. The van der Waals surface area contributed by atoms with Gasteiger partial charge < -0.3 is 14.6 Å². The van der Waals surface area contributed by atoms with Gasteiger partial charge in [-0.25, -0.2) is 0 Å². The lowest BCUT2D eigenvalue weighted by atomic mass is 10.0. The number of rotatable bonds is 4. The van der Waals surface area contributed by atoms with Crippen LogP contribution in [0.1, 0.15) is 26.2 Å². The van der Waals surface area contributed by atoms with Gasteiger partial charge in [-0.15, -0.1) is 0 Å². The molecule has 0 aromatic rings. The van der Waals surface area contributed by atoms with E-state index in [4.69, 9.17) is 0 Å². The third kappa shape index (κ3) is 1.41. The van der Waals surface area contributed by atoms with E-state index in [0.29, 0.717) is 6.42 Å². The van der Waals surface area contributed by atoms with Crippen LogP contribution < -0.4 is 5.11 Å². The lowest BCUT2D eigenvalue weighted by Crippen LogP contribution is -2.40. The molecule has 0 aromatic carbocycles. The lowest BCUT2D eigenvalue weighted by molar-refractivity contribution is -0.313. The Kier molecular flexibility index (Phi) is 2.59. The van der Waals surface area contributed by atoms with Gasteiger partial charge in [-0.2, -0.15) is 0 Å². The molecule has 74 valence electrons. The van der Waals surface area contributed by atoms with E-state index in [9.17, 15) is 14.7 Å². The summed E-state index contributed by atoms with van der Waals surface area (Å²) >= 11 is 0. The SMILES string of the molecule is CCCC1CC1(C(=O)[O-])C(=O)OC. The summed E-state index contributed by atoms with van der Waals surface area (Å²) in [6.07, 6.45) is 1.98. The summed E-state index contributed by atoms with van der Waals surface area (Å²) in [4.78, 5) is 21.9. The van der Waals surface area contributed by atoms with Crippen LogP contribution in [-0.4, -0.2) is 19.0 Å². The van der Waals surface area contributed by atoms with Crippen molar-refractivity contribution in [2.24, 2.45) is 11.3 Å². The normalized spacial score (nSPS) is 31.1. The van der Waals surface area contributed by atoms with Gasteiger partial charge >= 0.3 is 5.97 Å². The first-order valence-electron chi connectivity index (χ1n) is 4.39. The molecule has 13 heavy (non-hydrogen) atoms. The van der Waals surface area contributed by atoms with Gasteiger partial charge in [0.1, 0.15) is 5.41 Å². The van der Waals surface area contributed by atoms with Crippen molar-refractivity contribution in [3.05, 3.63) is 0 Å². The second-order valence-corrected chi connectivity index (χ2v) is 3.44. The van der Waals surface area contributed by atoms with Crippen LogP contribution in [0.3, 0.4) is 0 Å². The Morgan fingerprint density at radius 2 is 2.23 bits per heavy atom. The molecular weight excluding hydrogens is 172 g/mol. The van der Waals surface area contributed by atoms with Crippen molar-refractivity contribution >= 4 is 11.9 Å². The number of carbonyl (C=O) groups excluding carboxylic acids is 2. The number of hydrogen-bond donors (Lipinski definition) is 0. The van der Waals surface area contributed by atoms with Crippen molar-refractivity contribution in [1.29, 1.82) is 0 Å². The van der Waals surface area contributed by atoms with E-state index in [-0.39, 0.29) is 5.92 Å². The Bertz CT molecular complexity index is 236. The molecule has 1 aliphatic carbocycles. The molecule has 2 unspecified atom stereocenters. The molecule has 0 spiro atoms. The number of esters is 1. The molecular formula is C9H13O4-. The summed E-state index contributed by atoms with van der Waals surface area (Å²) in [7, 11) is 1.20. The summed E-state index contributed by atoms with van der Waals surface area (Å²) in [6.45, 7) is 1.95. The highest BCUT2D eigenvalue weighted by Crippen LogP contribution is 2.55. The number of carbonyl (C=O) groups is 2. The van der Waals surface area contributed by atoms with Gasteiger partial charge in [-0.1, -0.05) is 13.3 Å². The number of ether oxygens (including phenoxy) is 1. The molecule has 1 rings (SSSR count). The minimum Gasteiger partial charge on any atom is -0.549 e. The van der Waals surface area contributed by atoms with Crippen molar-refractivity contribution in [2.45, 2.75) is 26.2 Å². The quantitative estimate of drug-likeness (QED) is 0.446. The zero-order chi connectivity index (χ0) is 10.1. The van der Waals surface area contributed by atoms with E-state index in [1.165, 1.54) is 7.11 Å². The zero-order valence-electron chi connectivity index (χ0n) is 7.83. The predicted molar refractivity (Wildman–Crippen MR) is 42.5 cm³/mol. The van der Waals surface area contributed by atoms with Gasteiger partial charge in [-0.3, -0.25) is 4.79 Å². The topological polar surface area (TPSA) is 66.4 Å². The second-order valence-electron chi connectivity index (χ2n) is 3.44. The van der Waals surface area contributed by atoms with Crippen LogP contribution >= 0.6 is 0 Å². The molecule has 0 bridgehead atoms. The van der Waals surface area contributed by atoms with Crippen LogP contribution in [0, 0.1) is 11.3 Å². The minimum absolute atomic E-state index is 0.0880. The van der Waals surface area contributed by atoms with Crippen LogP contribution in [0.2, 0.25) is 0 Å². The Morgan fingerprint density at radius 1 is 1.62 bits per heavy atom. The molecule has 1 saturated carbocycles. The molecule has 0 radical (unpaired) electrons. The Balaban J connectivity index is 2.71. The largest absolute Gasteiger partial charge is 0.549 e. The molecule has 0 heterocycles. The van der Waals surface area contributed by atoms with Crippen molar-refractivity contribution < 1.29 is 19.4 Å². The molecule has 2 atom stereocenters. The molecule has 0 saturated heterocycles. The molecule has 0 aliphatic heterocycles. The molecule has 1 aliphatic rings. The van der Waals surface area contributed by atoms with Gasteiger partial charge in [0, 0.05) is 0 Å². The first kappa shape index (κ1) is 10.0. The first-order chi connectivity index (χ1) is 6.09. The number of carboxylic acid groups (broad SMARTS) is 1. The number of methoxy groups -OCH3 is 1. The second kappa shape index (κ2) is 3.36. The maximum absolute atomic E-state index is 11.2. The van der Waals surface area contributed by atoms with Crippen LogP contribution in [0.15, 0.2) is 0 Å². The van der Waals surface area contributed by atoms with Gasteiger partial charge in [0.15, 0.2) is 0 Å². The minimum atomic E-state index is -1.33. The summed E-state index contributed by atoms with van der Waals surface area (Å²) < 4.78 is 4.46. The highest BCUT2D eigenvalue weighted by molar-refractivity contribution is 6.02. The molecule has 0 aromatic heterocycles. The maximum Gasteiger partial charge on any atom is 0.317 e. The standard InChI is InChI=1S/C9H14O4/c1-3-4-6-5-9(6,7(10)11)8(12)13-2/h6H,3-5H2,1-2H3,(H,10,11)/p-1. The van der Waals surface area contributed by atoms with Crippen molar-refractivity contribution in [1.82, 2.24) is 0 Å². The van der Waals surface area contributed by atoms with Gasteiger partial charge in [-0.05, 0) is 18.8 Å². The van der Waals surface area contributed by atoms with Crippen molar-refractivity contribution in [2.75, 3.05) is 7.11 Å². The lowest BCUT2D eigenvalue weighted by Gasteiger charge is -2.15. The fourth-order valence-electron chi connectivity index (χ4n) is 1.79. The number of hydrogen-bond acceptors (Lipinski definition) is 4. The fourth-order valence-corrected chi connectivity index (χ4v) is 1.79. The number of aliphatic carboxylic acids is 1. The molecule has 0 N–H and O–H groups in total. The Morgan fingerprint density at radius 3 is 2.62 bits per heavy atom. The van der Waals surface area contributed by atoms with E-state index in [2.05, 4.69) is 4.74 Å². The third-order valence-corrected chi connectivity index (χ3v) is 2.66. The van der Waals surface area contributed by atoms with Gasteiger partial charge in [0.05, 0.1) is 13.1 Å². The van der Waals surface area contributed by atoms with Crippen LogP contribution in [0.25, 0.3) is 0 Å². The van der Waals surface area contributed by atoms with Crippen LogP contribution in [0.5, 0.6) is 0 Å². The summed E-state index contributed by atoms with van der Waals surface area (Å²) in [5.41, 5.74) is -1.33. The monoisotopic (exact) mass is 185 g/mol. The summed E-state index contributed by atoms with van der Waals surface area (Å²) in [5.74, 6) is -2.04. The average Bonchev–Trinajstić information content (AvgIpc) is 2.80. The highest BCUT2D eigenvalue weighted by atomic mass is 16.5. The van der Waals surface area contributed by atoms with Crippen molar-refractivity contribution in [3.63, 3.8) is 0 Å². The maximum atomic E-state index is 11.2.